The summed E-state index contributed by atoms with van der Waals surface area (Å²) in [6.07, 6.45) is 3.88. The van der Waals surface area contributed by atoms with Gasteiger partial charge in [0.2, 0.25) is 5.89 Å². The monoisotopic (exact) mass is 526 g/mol. The van der Waals surface area contributed by atoms with Crippen LogP contribution in [0, 0.1) is 6.92 Å². The molecule has 0 radical (unpaired) electrons. The van der Waals surface area contributed by atoms with Crippen LogP contribution in [-0.2, 0) is 24.4 Å². The van der Waals surface area contributed by atoms with Gasteiger partial charge in [0.15, 0.2) is 5.82 Å². The van der Waals surface area contributed by atoms with E-state index in [-0.39, 0.29) is 0 Å². The molecule has 0 aliphatic carbocycles. The van der Waals surface area contributed by atoms with Gasteiger partial charge in [-0.2, -0.15) is 0 Å². The van der Waals surface area contributed by atoms with Crippen molar-refractivity contribution in [3.63, 3.8) is 0 Å². The van der Waals surface area contributed by atoms with Crippen LogP contribution >= 0.6 is 0 Å². The Morgan fingerprint density at radius 1 is 0.821 bits per heavy atom. The van der Waals surface area contributed by atoms with Crippen LogP contribution in [0.1, 0.15) is 23.1 Å². The number of fused-ring (bicyclic) bond motifs is 3. The zero-order valence-corrected chi connectivity index (χ0v) is 22.4. The van der Waals surface area contributed by atoms with Crippen LogP contribution in [0.3, 0.4) is 0 Å². The molecule has 3 aliphatic rings. The molecule has 3 aliphatic heterocycles. The van der Waals surface area contributed by atoms with Crippen LogP contribution in [-0.4, -0.2) is 76.8 Å². The van der Waals surface area contributed by atoms with E-state index in [9.17, 15) is 0 Å². The first kappa shape index (κ1) is 24.4. The van der Waals surface area contributed by atoms with Crippen LogP contribution in [0.4, 0.5) is 5.69 Å². The van der Waals surface area contributed by atoms with Gasteiger partial charge in [-0.1, -0.05) is 18.2 Å². The number of nitrogens with zero attached hydrogens (tertiary/aromatic N) is 6. The molecular formula is C30H34N6O3. The minimum atomic E-state index is 0.486. The summed E-state index contributed by atoms with van der Waals surface area (Å²) in [5.74, 6) is 2.66. The summed E-state index contributed by atoms with van der Waals surface area (Å²) in [6.45, 7) is 11.5. The zero-order valence-electron chi connectivity index (χ0n) is 22.4. The maximum absolute atomic E-state index is 6.15. The average molecular weight is 527 g/mol. The summed E-state index contributed by atoms with van der Waals surface area (Å²) >= 11 is 0. The van der Waals surface area contributed by atoms with Crippen molar-refractivity contribution in [2.75, 3.05) is 57.4 Å². The topological polar surface area (TPSA) is 72.0 Å². The number of hydrogen-bond acceptors (Lipinski definition) is 8. The molecular weight excluding hydrogens is 492 g/mol. The molecule has 0 atom stereocenters. The number of aromatic nitrogens is 3. The second kappa shape index (κ2) is 10.5. The predicted molar refractivity (Wildman–Crippen MR) is 148 cm³/mol. The largest absolute Gasteiger partial charge is 0.483 e. The van der Waals surface area contributed by atoms with Crippen LogP contribution in [0.15, 0.2) is 59.3 Å². The molecule has 2 aromatic heterocycles. The number of anilines is 1. The summed E-state index contributed by atoms with van der Waals surface area (Å²) in [7, 11) is 0. The molecule has 202 valence electrons. The highest BCUT2D eigenvalue weighted by atomic mass is 16.5. The number of rotatable bonds is 6. The number of imidazole rings is 1. The third kappa shape index (κ3) is 5.17. The highest BCUT2D eigenvalue weighted by molar-refractivity contribution is 5.70. The van der Waals surface area contributed by atoms with E-state index in [1.54, 1.807) is 6.26 Å². The van der Waals surface area contributed by atoms with Crippen LogP contribution in [0.5, 0.6) is 5.75 Å². The molecule has 0 saturated carbocycles. The van der Waals surface area contributed by atoms with Crippen molar-refractivity contribution < 1.29 is 13.9 Å². The van der Waals surface area contributed by atoms with Crippen LogP contribution in [0.2, 0.25) is 0 Å². The van der Waals surface area contributed by atoms with Gasteiger partial charge in [0, 0.05) is 57.7 Å². The first-order valence-corrected chi connectivity index (χ1v) is 13.8. The van der Waals surface area contributed by atoms with Gasteiger partial charge in [-0.15, -0.1) is 0 Å². The normalized spacial score (nSPS) is 18.0. The SMILES string of the molecule is Cc1coc(CN2CCN(c3ccc(-c4ccc5c(c4)OCc4nc(CN6CCOCC6)cn4-5)cc3)CC2)n1. The first-order chi connectivity index (χ1) is 19.2. The Labute approximate surface area is 228 Å². The van der Waals surface area contributed by atoms with E-state index in [2.05, 4.69) is 72.9 Å². The van der Waals surface area contributed by atoms with Gasteiger partial charge in [-0.25, -0.2) is 9.97 Å². The maximum atomic E-state index is 6.15. The molecule has 0 bridgehead atoms. The Hall–Kier alpha value is -3.66. The number of morpholine rings is 1. The second-order valence-electron chi connectivity index (χ2n) is 10.6. The molecule has 9 heteroatoms. The van der Waals surface area contributed by atoms with Gasteiger partial charge in [0.1, 0.15) is 18.6 Å². The number of piperazine rings is 1. The molecule has 9 nitrogen and oxygen atoms in total. The lowest BCUT2D eigenvalue weighted by molar-refractivity contribution is 0.0337. The third-order valence-electron chi connectivity index (χ3n) is 7.86. The van der Waals surface area contributed by atoms with Gasteiger partial charge in [0.25, 0.3) is 0 Å². The Bertz CT molecular complexity index is 1430. The Kier molecular flexibility index (Phi) is 6.56. The number of benzene rings is 2. The highest BCUT2D eigenvalue weighted by Crippen LogP contribution is 2.35. The van der Waals surface area contributed by atoms with Crippen molar-refractivity contribution in [2.24, 2.45) is 0 Å². The van der Waals surface area contributed by atoms with Crippen molar-refractivity contribution in [2.45, 2.75) is 26.6 Å². The highest BCUT2D eigenvalue weighted by Gasteiger charge is 2.22. The second-order valence-corrected chi connectivity index (χ2v) is 10.6. The van der Waals surface area contributed by atoms with Gasteiger partial charge in [-0.3, -0.25) is 14.4 Å². The molecule has 7 rings (SSSR count). The Morgan fingerprint density at radius 2 is 1.59 bits per heavy atom. The fraction of sp³-hybridized carbons (Fsp3) is 0.400. The van der Waals surface area contributed by atoms with E-state index in [0.717, 1.165) is 106 Å². The molecule has 0 spiro atoms. The molecule has 2 saturated heterocycles. The quantitative estimate of drug-likeness (QED) is 0.375. The van der Waals surface area contributed by atoms with Crippen molar-refractivity contribution in [1.82, 2.24) is 24.3 Å². The van der Waals surface area contributed by atoms with E-state index in [1.807, 2.05) is 6.92 Å². The molecule has 5 heterocycles. The summed E-state index contributed by atoms with van der Waals surface area (Å²) in [5.41, 5.74) is 6.67. The average Bonchev–Trinajstić information content (AvgIpc) is 3.59. The van der Waals surface area contributed by atoms with Gasteiger partial charge in [0.05, 0.1) is 36.8 Å². The predicted octanol–water partition coefficient (Wildman–Crippen LogP) is 3.88. The van der Waals surface area contributed by atoms with E-state index in [1.165, 1.54) is 11.3 Å². The van der Waals surface area contributed by atoms with Crippen molar-refractivity contribution in [1.29, 1.82) is 0 Å². The molecule has 2 aromatic carbocycles. The van der Waals surface area contributed by atoms with E-state index < -0.39 is 0 Å². The Morgan fingerprint density at radius 3 is 2.36 bits per heavy atom. The minimum Gasteiger partial charge on any atom is -0.483 e. The summed E-state index contributed by atoms with van der Waals surface area (Å²) in [4.78, 5) is 16.5. The first-order valence-electron chi connectivity index (χ1n) is 13.8. The Balaban J connectivity index is 1.01. The summed E-state index contributed by atoms with van der Waals surface area (Å²) in [5, 5.41) is 0. The fourth-order valence-electron chi connectivity index (χ4n) is 5.69. The summed E-state index contributed by atoms with van der Waals surface area (Å²) in [6, 6.07) is 15.4. The minimum absolute atomic E-state index is 0.486. The lowest BCUT2D eigenvalue weighted by atomic mass is 10.0. The van der Waals surface area contributed by atoms with Crippen molar-refractivity contribution in [3.05, 3.63) is 78.0 Å². The van der Waals surface area contributed by atoms with E-state index in [4.69, 9.17) is 18.9 Å². The molecule has 0 amide bonds. The lowest BCUT2D eigenvalue weighted by Gasteiger charge is -2.35. The third-order valence-corrected chi connectivity index (χ3v) is 7.86. The van der Waals surface area contributed by atoms with Crippen LogP contribution < -0.4 is 9.64 Å². The van der Waals surface area contributed by atoms with Crippen LogP contribution in [0.25, 0.3) is 16.8 Å². The number of ether oxygens (including phenoxy) is 2. The molecule has 0 N–H and O–H groups in total. The number of hydrogen-bond donors (Lipinski definition) is 0. The van der Waals surface area contributed by atoms with E-state index in [0.29, 0.717) is 6.61 Å². The van der Waals surface area contributed by atoms with Gasteiger partial charge >= 0.3 is 0 Å². The molecule has 2 fully saturated rings. The van der Waals surface area contributed by atoms with Crippen molar-refractivity contribution in [3.8, 4) is 22.6 Å². The lowest BCUT2D eigenvalue weighted by Crippen LogP contribution is -2.46. The molecule has 39 heavy (non-hydrogen) atoms. The smallest absolute Gasteiger partial charge is 0.208 e. The fourth-order valence-corrected chi connectivity index (χ4v) is 5.69. The number of aryl methyl sites for hydroxylation is 1. The standard InChI is InChI=1S/C30H34N6O3/c1-22-20-39-30(31-22)19-33-8-10-35(11-9-33)26-5-2-23(3-6-26)24-4-7-27-28(16-24)38-21-29-32-25(18-36(27)29)17-34-12-14-37-15-13-34/h2-7,16,18,20H,8-15,17,19,21H2,1H3. The summed E-state index contributed by atoms with van der Waals surface area (Å²) < 4.78 is 19.3. The van der Waals surface area contributed by atoms with Crippen molar-refractivity contribution >= 4 is 5.69 Å². The maximum Gasteiger partial charge on any atom is 0.208 e. The van der Waals surface area contributed by atoms with Gasteiger partial charge < -0.3 is 18.8 Å². The number of oxazole rings is 1. The van der Waals surface area contributed by atoms with E-state index >= 15 is 0 Å². The van der Waals surface area contributed by atoms with Gasteiger partial charge in [-0.05, 0) is 42.3 Å². The molecule has 0 unspecified atom stereocenters. The zero-order chi connectivity index (χ0) is 26.2. The molecule has 4 aromatic rings.